The van der Waals surface area contributed by atoms with Gasteiger partial charge in [0.25, 0.3) is 0 Å². The van der Waals surface area contributed by atoms with Gasteiger partial charge in [-0.3, -0.25) is 4.98 Å². The highest BCUT2D eigenvalue weighted by Crippen LogP contribution is 2.43. The summed E-state index contributed by atoms with van der Waals surface area (Å²) in [6.45, 7) is 16.6. The van der Waals surface area contributed by atoms with Crippen LogP contribution in [0.25, 0.3) is 33.4 Å². The van der Waals surface area contributed by atoms with Crippen molar-refractivity contribution in [3.63, 3.8) is 0 Å². The Balaban J connectivity index is 1.35. The SMILES string of the molecule is CCn1c(-c2cc(N3CCN(C(=O)OCc4ccccc4)CC3)cnc2[C@H](C)OC)c(CC(C)(C)CO)c2cc(-c3csc(C[C@H](NC(=O)OC(C)(C)C)C(=O)OC)n3)ccc21. The first-order valence-corrected chi connectivity index (χ1v) is 21.9. The number of esters is 1. The molecule has 1 aliphatic rings. The Labute approximate surface area is 368 Å². The van der Waals surface area contributed by atoms with Crippen molar-refractivity contribution < 1.29 is 38.4 Å². The summed E-state index contributed by atoms with van der Waals surface area (Å²) in [7, 11) is 2.96. The van der Waals surface area contributed by atoms with Gasteiger partial charge in [0, 0.05) is 80.3 Å². The van der Waals surface area contributed by atoms with Gasteiger partial charge >= 0.3 is 18.2 Å². The lowest BCUT2D eigenvalue weighted by Gasteiger charge is -2.35. The van der Waals surface area contributed by atoms with E-state index in [4.69, 9.17) is 28.9 Å². The lowest BCUT2D eigenvalue weighted by atomic mass is 9.84. The van der Waals surface area contributed by atoms with Crippen LogP contribution in [0.1, 0.15) is 76.4 Å². The number of carbonyl (C=O) groups is 3. The van der Waals surface area contributed by atoms with Crippen LogP contribution in [0.5, 0.6) is 0 Å². The Kier molecular flexibility index (Phi) is 14.6. The summed E-state index contributed by atoms with van der Waals surface area (Å²) in [6.07, 6.45) is 1.23. The van der Waals surface area contributed by atoms with Crippen LogP contribution in [-0.2, 0) is 49.7 Å². The van der Waals surface area contributed by atoms with Crippen LogP contribution < -0.4 is 10.2 Å². The van der Waals surface area contributed by atoms with Crippen LogP contribution in [0.4, 0.5) is 15.3 Å². The zero-order valence-corrected chi connectivity index (χ0v) is 38.1. The first kappa shape index (κ1) is 46.0. The highest BCUT2D eigenvalue weighted by atomic mass is 32.1. The van der Waals surface area contributed by atoms with Gasteiger partial charge in [0.2, 0.25) is 0 Å². The molecule has 0 radical (unpaired) electrons. The van der Waals surface area contributed by atoms with Gasteiger partial charge in [-0.25, -0.2) is 19.4 Å². The molecule has 14 nitrogen and oxygen atoms in total. The van der Waals surface area contributed by atoms with Gasteiger partial charge in [0.1, 0.15) is 18.2 Å². The minimum Gasteiger partial charge on any atom is -0.467 e. The Morgan fingerprint density at radius 3 is 2.35 bits per heavy atom. The number of anilines is 1. The van der Waals surface area contributed by atoms with E-state index in [0.29, 0.717) is 44.2 Å². The smallest absolute Gasteiger partial charge is 0.410 e. The zero-order valence-electron chi connectivity index (χ0n) is 37.3. The molecule has 0 unspecified atom stereocenters. The Morgan fingerprint density at radius 2 is 1.71 bits per heavy atom. The molecule has 3 aromatic heterocycles. The summed E-state index contributed by atoms with van der Waals surface area (Å²) < 4.78 is 24.2. The third-order valence-electron chi connectivity index (χ3n) is 11.0. The van der Waals surface area contributed by atoms with Crippen LogP contribution >= 0.6 is 11.3 Å². The number of benzene rings is 2. The molecule has 6 rings (SSSR count). The average molecular weight is 869 g/mol. The number of pyridine rings is 1. The van der Waals surface area contributed by atoms with Gasteiger partial charge in [-0.15, -0.1) is 11.3 Å². The van der Waals surface area contributed by atoms with Gasteiger partial charge in [0.15, 0.2) is 0 Å². The normalized spacial score (nSPS) is 14.4. The molecule has 15 heteroatoms. The molecular weight excluding hydrogens is 809 g/mol. The Morgan fingerprint density at radius 1 is 0.984 bits per heavy atom. The molecule has 0 saturated carbocycles. The number of rotatable bonds is 15. The molecule has 0 bridgehead atoms. The maximum Gasteiger partial charge on any atom is 0.410 e. The number of hydrogen-bond donors (Lipinski definition) is 2. The number of amides is 2. The molecule has 1 aliphatic heterocycles. The van der Waals surface area contributed by atoms with Crippen molar-refractivity contribution in [2.75, 3.05) is 51.9 Å². The number of piperazine rings is 1. The summed E-state index contributed by atoms with van der Waals surface area (Å²) in [6, 6.07) is 17.2. The van der Waals surface area contributed by atoms with Gasteiger partial charge < -0.3 is 43.7 Å². The number of fused-ring (bicyclic) bond motifs is 1. The predicted molar refractivity (Wildman–Crippen MR) is 241 cm³/mol. The fourth-order valence-electron chi connectivity index (χ4n) is 7.65. The number of aromatic nitrogens is 3. The molecule has 1 saturated heterocycles. The molecule has 4 heterocycles. The van der Waals surface area contributed by atoms with E-state index in [1.807, 2.05) is 54.9 Å². The molecule has 0 aliphatic carbocycles. The van der Waals surface area contributed by atoms with E-state index >= 15 is 0 Å². The number of nitrogens with one attached hydrogen (secondary N) is 1. The van der Waals surface area contributed by atoms with Crippen molar-refractivity contribution in [2.24, 2.45) is 5.41 Å². The number of hydrogen-bond acceptors (Lipinski definition) is 12. The number of carbonyl (C=O) groups excluding carboxylic acids is 3. The van der Waals surface area contributed by atoms with E-state index in [1.54, 1.807) is 32.8 Å². The molecule has 1 fully saturated rings. The molecule has 2 amide bonds. The van der Waals surface area contributed by atoms with Crippen LogP contribution in [0.3, 0.4) is 0 Å². The number of thiazole rings is 1. The maximum atomic E-state index is 13.0. The van der Waals surface area contributed by atoms with Crippen molar-refractivity contribution in [3.8, 4) is 22.5 Å². The zero-order chi connectivity index (χ0) is 44.8. The van der Waals surface area contributed by atoms with Crippen molar-refractivity contribution >= 4 is 46.1 Å². The highest BCUT2D eigenvalue weighted by Gasteiger charge is 2.31. The highest BCUT2D eigenvalue weighted by molar-refractivity contribution is 7.10. The Bertz CT molecular complexity index is 2350. The lowest BCUT2D eigenvalue weighted by Crippen LogP contribution is -2.49. The first-order valence-electron chi connectivity index (χ1n) is 21.1. The monoisotopic (exact) mass is 868 g/mol. The molecule has 332 valence electrons. The predicted octanol–water partition coefficient (Wildman–Crippen LogP) is 8.18. The summed E-state index contributed by atoms with van der Waals surface area (Å²) in [5, 5.41) is 16.9. The second-order valence-corrected chi connectivity index (χ2v) is 18.3. The quantitative estimate of drug-likeness (QED) is 0.0773. The minimum absolute atomic E-state index is 0.0171. The Hall–Kier alpha value is -5.51. The van der Waals surface area contributed by atoms with Crippen LogP contribution in [-0.4, -0.2) is 101 Å². The van der Waals surface area contributed by atoms with E-state index in [1.165, 1.54) is 18.4 Å². The van der Waals surface area contributed by atoms with Crippen molar-refractivity contribution in [1.29, 1.82) is 0 Å². The van der Waals surface area contributed by atoms with Crippen molar-refractivity contribution in [1.82, 2.24) is 24.8 Å². The summed E-state index contributed by atoms with van der Waals surface area (Å²) in [5.74, 6) is -0.596. The fraction of sp³-hybridized carbons (Fsp3) is 0.468. The molecule has 5 aromatic rings. The second-order valence-electron chi connectivity index (χ2n) is 17.4. The minimum atomic E-state index is -0.983. The second kappa shape index (κ2) is 19.7. The molecule has 2 atom stereocenters. The van der Waals surface area contributed by atoms with Crippen molar-refractivity contribution in [2.45, 2.75) is 92.2 Å². The summed E-state index contributed by atoms with van der Waals surface area (Å²) >= 11 is 1.39. The van der Waals surface area contributed by atoms with Crippen LogP contribution in [0.2, 0.25) is 0 Å². The van der Waals surface area contributed by atoms with Gasteiger partial charge in [-0.2, -0.15) is 0 Å². The van der Waals surface area contributed by atoms with Gasteiger partial charge in [0.05, 0.1) is 47.2 Å². The molecule has 0 spiro atoms. The molecule has 62 heavy (non-hydrogen) atoms. The van der Waals surface area contributed by atoms with E-state index in [9.17, 15) is 19.5 Å². The van der Waals surface area contributed by atoms with Gasteiger partial charge in [-0.05, 0) is 75.8 Å². The third-order valence-corrected chi connectivity index (χ3v) is 11.8. The molecular formula is C47H60N6O8S. The number of aliphatic hydroxyl groups excluding tert-OH is 1. The maximum absolute atomic E-state index is 13.0. The number of aliphatic hydroxyl groups is 1. The molecule has 2 aromatic carbocycles. The van der Waals surface area contributed by atoms with Gasteiger partial charge in [-0.1, -0.05) is 50.2 Å². The third kappa shape index (κ3) is 10.9. The van der Waals surface area contributed by atoms with Crippen molar-refractivity contribution in [3.05, 3.63) is 88.0 Å². The van der Waals surface area contributed by atoms with E-state index in [0.717, 1.165) is 55.9 Å². The van der Waals surface area contributed by atoms with E-state index < -0.39 is 29.1 Å². The first-order chi connectivity index (χ1) is 29.5. The summed E-state index contributed by atoms with van der Waals surface area (Å²) in [5.41, 5.74) is 7.14. The van der Waals surface area contributed by atoms with E-state index in [-0.39, 0.29) is 31.8 Å². The van der Waals surface area contributed by atoms with E-state index in [2.05, 4.69) is 53.8 Å². The standard InChI is InChI=1S/C47H60N6O8S/c1-10-53-39-17-16-32(38-28-62-40(49-38)24-37(43(55)59-9)50-44(56)61-46(3,4)5)22-34(39)36(25-47(6,7)29-54)42(53)35-23-33(26-48-41(35)30(2)58-8)51-18-20-52(21-19-51)45(57)60-27-31-14-12-11-13-15-31/h11-17,22-23,26,28,30,37,54H,10,18-21,24-25,27,29H2,1-9H3,(H,50,56)/t30-,37-/m0/s1. The lowest BCUT2D eigenvalue weighted by molar-refractivity contribution is -0.143. The van der Waals surface area contributed by atoms with Crippen LogP contribution in [0, 0.1) is 5.41 Å². The number of alkyl carbamates (subject to hydrolysis) is 1. The number of nitrogens with zero attached hydrogens (tertiary/aromatic N) is 5. The summed E-state index contributed by atoms with van der Waals surface area (Å²) in [4.78, 5) is 52.3. The number of ether oxygens (including phenoxy) is 4. The fourth-order valence-corrected chi connectivity index (χ4v) is 8.50. The largest absolute Gasteiger partial charge is 0.467 e. The number of methoxy groups -OCH3 is 2. The number of aryl methyl sites for hydroxylation is 1. The topological polar surface area (TPSA) is 158 Å². The molecule has 2 N–H and O–H groups in total. The van der Waals surface area contributed by atoms with Crippen LogP contribution in [0.15, 0.2) is 66.2 Å². The average Bonchev–Trinajstić information content (AvgIpc) is 3.85.